The number of benzene rings is 1. The number of aromatic nitrogens is 3. The maximum absolute atomic E-state index is 11.9. The Kier molecular flexibility index (Phi) is 6.70. The highest BCUT2D eigenvalue weighted by atomic mass is 16.5. The van der Waals surface area contributed by atoms with Crippen LogP contribution in [0.2, 0.25) is 0 Å². The van der Waals surface area contributed by atoms with Crippen molar-refractivity contribution >= 4 is 5.91 Å². The number of piperazine rings is 1. The SMILES string of the molecule is COCCNC(=O)CN1CCN(Cc2cnn(-c3ccccc3)n2)CC1. The fraction of sp³-hybridized carbons (Fsp3) is 0.500. The second-order valence-electron chi connectivity index (χ2n) is 6.36. The molecule has 1 saturated heterocycles. The Balaban J connectivity index is 1.42. The first-order chi connectivity index (χ1) is 12.7. The van der Waals surface area contributed by atoms with Gasteiger partial charge in [0.1, 0.15) is 0 Å². The third kappa shape index (κ3) is 5.35. The number of ether oxygens (including phenoxy) is 1. The molecule has 2 aromatic rings. The number of carbonyl (C=O) groups excluding carboxylic acids is 1. The Hall–Kier alpha value is -2.29. The van der Waals surface area contributed by atoms with Gasteiger partial charge in [-0.15, -0.1) is 0 Å². The maximum Gasteiger partial charge on any atom is 0.234 e. The van der Waals surface area contributed by atoms with E-state index in [2.05, 4.69) is 25.3 Å². The fourth-order valence-corrected chi connectivity index (χ4v) is 2.94. The lowest BCUT2D eigenvalue weighted by Crippen LogP contribution is -2.49. The molecule has 0 bridgehead atoms. The first-order valence-corrected chi connectivity index (χ1v) is 8.91. The van der Waals surface area contributed by atoms with Crippen molar-refractivity contribution < 1.29 is 9.53 Å². The summed E-state index contributed by atoms with van der Waals surface area (Å²) in [6.07, 6.45) is 1.82. The molecular formula is C18H26N6O2. The number of nitrogens with one attached hydrogen (secondary N) is 1. The van der Waals surface area contributed by atoms with Crippen molar-refractivity contribution in [1.82, 2.24) is 30.1 Å². The number of hydrogen-bond donors (Lipinski definition) is 1. The number of nitrogens with zero attached hydrogens (tertiary/aromatic N) is 5. The van der Waals surface area contributed by atoms with E-state index in [1.54, 1.807) is 11.9 Å². The minimum atomic E-state index is 0.0568. The van der Waals surface area contributed by atoms with Crippen molar-refractivity contribution in [3.8, 4) is 5.69 Å². The van der Waals surface area contributed by atoms with E-state index in [1.807, 2.05) is 36.5 Å². The third-order valence-corrected chi connectivity index (χ3v) is 4.37. The number of amides is 1. The van der Waals surface area contributed by atoms with Gasteiger partial charge in [0, 0.05) is 46.4 Å². The molecule has 1 aromatic carbocycles. The summed E-state index contributed by atoms with van der Waals surface area (Å²) < 4.78 is 4.94. The van der Waals surface area contributed by atoms with Crippen LogP contribution >= 0.6 is 0 Å². The van der Waals surface area contributed by atoms with Gasteiger partial charge in [-0.2, -0.15) is 15.0 Å². The van der Waals surface area contributed by atoms with Gasteiger partial charge < -0.3 is 10.1 Å². The van der Waals surface area contributed by atoms with E-state index >= 15 is 0 Å². The van der Waals surface area contributed by atoms with Crippen molar-refractivity contribution in [3.05, 3.63) is 42.2 Å². The van der Waals surface area contributed by atoms with Crippen LogP contribution in [-0.2, 0) is 16.1 Å². The zero-order valence-electron chi connectivity index (χ0n) is 15.2. The van der Waals surface area contributed by atoms with E-state index in [0.717, 1.165) is 44.1 Å². The molecule has 2 heterocycles. The van der Waals surface area contributed by atoms with Crippen molar-refractivity contribution in [1.29, 1.82) is 0 Å². The van der Waals surface area contributed by atoms with E-state index in [4.69, 9.17) is 4.74 Å². The Morgan fingerprint density at radius 2 is 1.88 bits per heavy atom. The highest BCUT2D eigenvalue weighted by Gasteiger charge is 2.19. The monoisotopic (exact) mass is 358 g/mol. The normalized spacial score (nSPS) is 15.9. The molecule has 8 nitrogen and oxygen atoms in total. The van der Waals surface area contributed by atoms with Gasteiger partial charge in [-0.25, -0.2) is 0 Å². The van der Waals surface area contributed by atoms with Crippen molar-refractivity contribution in [2.75, 3.05) is 53.0 Å². The molecule has 0 aliphatic carbocycles. The maximum atomic E-state index is 11.9. The molecule has 140 valence electrons. The van der Waals surface area contributed by atoms with Gasteiger partial charge in [-0.1, -0.05) is 18.2 Å². The molecule has 0 saturated carbocycles. The van der Waals surface area contributed by atoms with Crippen LogP contribution in [-0.4, -0.2) is 83.7 Å². The minimum Gasteiger partial charge on any atom is -0.383 e. The molecule has 1 N–H and O–H groups in total. The predicted molar refractivity (Wildman–Crippen MR) is 98.0 cm³/mol. The fourth-order valence-electron chi connectivity index (χ4n) is 2.94. The molecule has 0 spiro atoms. The van der Waals surface area contributed by atoms with Gasteiger partial charge in [-0.05, 0) is 12.1 Å². The van der Waals surface area contributed by atoms with Gasteiger partial charge in [0.05, 0.1) is 30.7 Å². The number of hydrogen-bond acceptors (Lipinski definition) is 6. The van der Waals surface area contributed by atoms with E-state index in [0.29, 0.717) is 19.7 Å². The molecule has 1 amide bonds. The van der Waals surface area contributed by atoms with Crippen molar-refractivity contribution in [2.45, 2.75) is 6.54 Å². The van der Waals surface area contributed by atoms with Gasteiger partial charge in [-0.3, -0.25) is 14.6 Å². The molecule has 1 aliphatic rings. The highest BCUT2D eigenvalue weighted by Crippen LogP contribution is 2.08. The molecule has 0 unspecified atom stereocenters. The summed E-state index contributed by atoms with van der Waals surface area (Å²) in [7, 11) is 1.63. The first-order valence-electron chi connectivity index (χ1n) is 8.91. The minimum absolute atomic E-state index is 0.0568. The summed E-state index contributed by atoms with van der Waals surface area (Å²) in [5, 5.41) is 11.8. The van der Waals surface area contributed by atoms with Gasteiger partial charge >= 0.3 is 0 Å². The molecule has 1 fully saturated rings. The summed E-state index contributed by atoms with van der Waals surface area (Å²) in [5.74, 6) is 0.0568. The van der Waals surface area contributed by atoms with Crippen molar-refractivity contribution in [2.24, 2.45) is 0 Å². The number of carbonyl (C=O) groups is 1. The van der Waals surface area contributed by atoms with E-state index in [9.17, 15) is 4.79 Å². The van der Waals surface area contributed by atoms with Crippen molar-refractivity contribution in [3.63, 3.8) is 0 Å². The number of methoxy groups -OCH3 is 1. The van der Waals surface area contributed by atoms with Crippen LogP contribution < -0.4 is 5.32 Å². The van der Waals surface area contributed by atoms with Gasteiger partial charge in [0.15, 0.2) is 0 Å². The molecule has 26 heavy (non-hydrogen) atoms. The Morgan fingerprint density at radius 1 is 1.15 bits per heavy atom. The average molecular weight is 358 g/mol. The van der Waals surface area contributed by atoms with Crippen LogP contribution in [0.3, 0.4) is 0 Å². The standard InChI is InChI=1S/C18H26N6O2/c1-26-12-7-19-18(25)15-23-10-8-22(9-11-23)14-16-13-20-24(21-16)17-5-3-2-4-6-17/h2-6,13H,7-12,14-15H2,1H3,(H,19,25). The van der Waals surface area contributed by atoms with Crippen LogP contribution in [0.1, 0.15) is 5.69 Å². The van der Waals surface area contributed by atoms with Gasteiger partial charge in [0.2, 0.25) is 5.91 Å². The molecule has 1 aromatic heterocycles. The molecule has 3 rings (SSSR count). The Morgan fingerprint density at radius 3 is 2.62 bits per heavy atom. The lowest BCUT2D eigenvalue weighted by molar-refractivity contribution is -0.122. The number of rotatable bonds is 8. The predicted octanol–water partition coefficient (Wildman–Crippen LogP) is 0.148. The third-order valence-electron chi connectivity index (χ3n) is 4.37. The Bertz CT molecular complexity index is 682. The summed E-state index contributed by atoms with van der Waals surface area (Å²) >= 11 is 0. The molecule has 0 radical (unpaired) electrons. The number of para-hydroxylation sites is 1. The molecule has 1 aliphatic heterocycles. The van der Waals surface area contributed by atoms with Crippen LogP contribution in [0.4, 0.5) is 0 Å². The van der Waals surface area contributed by atoms with E-state index < -0.39 is 0 Å². The Labute approximate surface area is 153 Å². The summed E-state index contributed by atoms with van der Waals surface area (Å²) in [6, 6.07) is 9.90. The van der Waals surface area contributed by atoms with E-state index in [-0.39, 0.29) is 5.91 Å². The summed E-state index contributed by atoms with van der Waals surface area (Å²) in [5.41, 5.74) is 1.92. The largest absolute Gasteiger partial charge is 0.383 e. The molecule has 8 heteroatoms. The smallest absolute Gasteiger partial charge is 0.234 e. The van der Waals surface area contributed by atoms with E-state index in [1.165, 1.54) is 0 Å². The molecule has 0 atom stereocenters. The van der Waals surface area contributed by atoms with Crippen LogP contribution in [0, 0.1) is 0 Å². The first kappa shape index (κ1) is 18.5. The topological polar surface area (TPSA) is 75.5 Å². The highest BCUT2D eigenvalue weighted by molar-refractivity contribution is 5.78. The van der Waals surface area contributed by atoms with Gasteiger partial charge in [0.25, 0.3) is 0 Å². The second-order valence-corrected chi connectivity index (χ2v) is 6.36. The van der Waals surface area contributed by atoms with Crippen LogP contribution in [0.25, 0.3) is 5.69 Å². The quantitative estimate of drug-likeness (QED) is 0.677. The zero-order chi connectivity index (χ0) is 18.2. The van der Waals surface area contributed by atoms with Crippen LogP contribution in [0.5, 0.6) is 0 Å². The lowest BCUT2D eigenvalue weighted by Gasteiger charge is -2.33. The molecular weight excluding hydrogens is 332 g/mol. The summed E-state index contributed by atoms with van der Waals surface area (Å²) in [4.78, 5) is 18.0. The van der Waals surface area contributed by atoms with Crippen LogP contribution in [0.15, 0.2) is 36.5 Å². The lowest BCUT2D eigenvalue weighted by atomic mass is 10.3. The summed E-state index contributed by atoms with van der Waals surface area (Å²) in [6.45, 7) is 5.93. The zero-order valence-corrected chi connectivity index (χ0v) is 15.2. The average Bonchev–Trinajstić information content (AvgIpc) is 3.13. The second kappa shape index (κ2) is 9.42.